The lowest BCUT2D eigenvalue weighted by Crippen LogP contribution is -2.31. The Bertz CT molecular complexity index is 240. The van der Waals surface area contributed by atoms with Crippen molar-refractivity contribution in [3.05, 3.63) is 0 Å². The van der Waals surface area contributed by atoms with Gasteiger partial charge >= 0.3 is 5.97 Å². The molecule has 2 N–H and O–H groups in total. The Morgan fingerprint density at radius 2 is 2.00 bits per heavy atom. The van der Waals surface area contributed by atoms with E-state index in [4.69, 9.17) is 9.84 Å². The van der Waals surface area contributed by atoms with E-state index in [0.29, 0.717) is 12.3 Å². The highest BCUT2D eigenvalue weighted by atomic mass is 16.5. The molecular weight excluding hydrogens is 220 g/mol. The van der Waals surface area contributed by atoms with Gasteiger partial charge in [0.1, 0.15) is 0 Å². The van der Waals surface area contributed by atoms with Crippen LogP contribution in [0.15, 0.2) is 0 Å². The molecule has 17 heavy (non-hydrogen) atoms. The lowest BCUT2D eigenvalue weighted by atomic mass is 9.88. The Kier molecular flexibility index (Phi) is 5.92. The summed E-state index contributed by atoms with van der Waals surface area (Å²) in [5, 5.41) is 19.1. The summed E-state index contributed by atoms with van der Waals surface area (Å²) >= 11 is 0. The summed E-state index contributed by atoms with van der Waals surface area (Å²) in [5.74, 6) is -0.448. The summed E-state index contributed by atoms with van der Waals surface area (Å²) < 4.78 is 4.88. The van der Waals surface area contributed by atoms with Crippen LogP contribution in [-0.2, 0) is 9.53 Å². The van der Waals surface area contributed by atoms with Crippen LogP contribution in [0.2, 0.25) is 0 Å². The first-order chi connectivity index (χ1) is 8.06. The molecule has 1 unspecified atom stereocenters. The first-order valence-electron chi connectivity index (χ1n) is 6.51. The number of esters is 1. The molecule has 0 radical (unpaired) electrons. The monoisotopic (exact) mass is 244 g/mol. The molecule has 1 rings (SSSR count). The smallest absolute Gasteiger partial charge is 0.312 e. The average Bonchev–Trinajstić information content (AvgIpc) is 2.65. The fourth-order valence-electron chi connectivity index (χ4n) is 2.30. The third-order valence-corrected chi connectivity index (χ3v) is 3.40. The van der Waals surface area contributed by atoms with Gasteiger partial charge in [-0.25, -0.2) is 0 Å². The van der Waals surface area contributed by atoms with Crippen molar-refractivity contribution in [1.29, 1.82) is 0 Å². The summed E-state index contributed by atoms with van der Waals surface area (Å²) in [6, 6.07) is 0. The summed E-state index contributed by atoms with van der Waals surface area (Å²) in [5.41, 5.74) is 0. The van der Waals surface area contributed by atoms with Crippen LogP contribution in [0.5, 0.6) is 0 Å². The van der Waals surface area contributed by atoms with Crippen molar-refractivity contribution < 1.29 is 19.7 Å². The number of cyclic esters (lactones) is 1. The van der Waals surface area contributed by atoms with Gasteiger partial charge < -0.3 is 14.9 Å². The number of hydrogen-bond donors (Lipinski definition) is 2. The van der Waals surface area contributed by atoms with E-state index >= 15 is 0 Å². The summed E-state index contributed by atoms with van der Waals surface area (Å²) in [4.78, 5) is 11.4. The maximum atomic E-state index is 11.4. The maximum absolute atomic E-state index is 11.4. The van der Waals surface area contributed by atoms with Crippen LogP contribution >= 0.6 is 0 Å². The molecule has 0 aromatic carbocycles. The van der Waals surface area contributed by atoms with Crippen molar-refractivity contribution in [2.45, 2.75) is 45.6 Å². The Morgan fingerprint density at radius 1 is 1.35 bits per heavy atom. The topological polar surface area (TPSA) is 66.8 Å². The number of carbonyl (C=O) groups is 1. The van der Waals surface area contributed by atoms with Crippen LogP contribution < -0.4 is 0 Å². The fraction of sp³-hybridized carbons (Fsp3) is 0.923. The molecule has 4 nitrogen and oxygen atoms in total. The van der Waals surface area contributed by atoms with Crippen molar-refractivity contribution in [3.63, 3.8) is 0 Å². The van der Waals surface area contributed by atoms with Crippen molar-refractivity contribution in [1.82, 2.24) is 0 Å². The molecular formula is C13H24O4. The highest BCUT2D eigenvalue weighted by molar-refractivity contribution is 5.75. The second-order valence-electron chi connectivity index (χ2n) is 5.34. The average molecular weight is 244 g/mol. The van der Waals surface area contributed by atoms with Gasteiger partial charge in [-0.05, 0) is 12.3 Å². The first-order valence-corrected chi connectivity index (χ1v) is 6.51. The van der Waals surface area contributed by atoms with E-state index in [1.165, 1.54) is 0 Å². The Morgan fingerprint density at radius 3 is 2.59 bits per heavy atom. The third-order valence-electron chi connectivity index (χ3n) is 3.40. The van der Waals surface area contributed by atoms with E-state index in [1.54, 1.807) is 0 Å². The minimum atomic E-state index is -0.672. The van der Waals surface area contributed by atoms with E-state index in [2.05, 4.69) is 13.8 Å². The van der Waals surface area contributed by atoms with Gasteiger partial charge in [-0.1, -0.05) is 33.1 Å². The highest BCUT2D eigenvalue weighted by Crippen LogP contribution is 2.27. The van der Waals surface area contributed by atoms with Crippen molar-refractivity contribution in [2.75, 3.05) is 13.2 Å². The quantitative estimate of drug-likeness (QED) is 0.524. The van der Waals surface area contributed by atoms with E-state index < -0.39 is 12.0 Å². The van der Waals surface area contributed by atoms with E-state index in [-0.39, 0.29) is 25.1 Å². The van der Waals surface area contributed by atoms with Gasteiger partial charge in [0.15, 0.2) is 0 Å². The zero-order valence-corrected chi connectivity index (χ0v) is 10.8. The van der Waals surface area contributed by atoms with Gasteiger partial charge in [0, 0.05) is 5.92 Å². The second kappa shape index (κ2) is 6.97. The molecule has 100 valence electrons. The summed E-state index contributed by atoms with van der Waals surface area (Å²) in [7, 11) is 0. The van der Waals surface area contributed by atoms with Gasteiger partial charge in [-0.3, -0.25) is 4.79 Å². The number of ether oxygens (including phenoxy) is 1. The van der Waals surface area contributed by atoms with Gasteiger partial charge in [-0.15, -0.1) is 0 Å². The Hall–Kier alpha value is -0.610. The Labute approximate surface area is 103 Å². The standard InChI is InChI=1S/C13H24O4/c1-9(2)5-3-4-6-11(15)12-10(7-14)8-17-13(12)16/h9-12,14-15H,3-8H2,1-2H3/t10-,11?,12-/m0/s1. The molecule has 0 aromatic heterocycles. The number of unbranched alkanes of at least 4 members (excludes halogenated alkanes) is 1. The number of aliphatic hydroxyl groups excluding tert-OH is 2. The molecule has 1 heterocycles. The largest absolute Gasteiger partial charge is 0.465 e. The fourth-order valence-corrected chi connectivity index (χ4v) is 2.30. The highest BCUT2D eigenvalue weighted by Gasteiger charge is 2.41. The van der Waals surface area contributed by atoms with Crippen LogP contribution in [0.25, 0.3) is 0 Å². The van der Waals surface area contributed by atoms with Crippen LogP contribution in [0.1, 0.15) is 39.5 Å². The van der Waals surface area contributed by atoms with E-state index in [9.17, 15) is 9.90 Å². The molecule has 1 aliphatic heterocycles. The molecule has 0 spiro atoms. The lowest BCUT2D eigenvalue weighted by molar-refractivity contribution is -0.144. The Balaban J connectivity index is 2.30. The molecule has 1 fully saturated rings. The molecule has 1 aliphatic rings. The predicted molar refractivity (Wildman–Crippen MR) is 64.3 cm³/mol. The first kappa shape index (κ1) is 14.5. The molecule has 0 bridgehead atoms. The number of hydrogen-bond acceptors (Lipinski definition) is 4. The molecule has 0 aliphatic carbocycles. The second-order valence-corrected chi connectivity index (χ2v) is 5.34. The molecule has 0 saturated carbocycles. The lowest BCUT2D eigenvalue weighted by Gasteiger charge is -2.19. The zero-order valence-electron chi connectivity index (χ0n) is 10.8. The van der Waals surface area contributed by atoms with Gasteiger partial charge in [0.25, 0.3) is 0 Å². The number of carbonyl (C=O) groups excluding carboxylic acids is 1. The maximum Gasteiger partial charge on any atom is 0.312 e. The van der Waals surface area contributed by atoms with Crippen molar-refractivity contribution in [3.8, 4) is 0 Å². The minimum absolute atomic E-state index is 0.0978. The van der Waals surface area contributed by atoms with Crippen molar-refractivity contribution in [2.24, 2.45) is 17.8 Å². The van der Waals surface area contributed by atoms with E-state index in [0.717, 1.165) is 19.3 Å². The molecule has 1 saturated heterocycles. The van der Waals surface area contributed by atoms with Crippen molar-refractivity contribution >= 4 is 5.97 Å². The molecule has 3 atom stereocenters. The predicted octanol–water partition coefficient (Wildman–Crippen LogP) is 1.35. The molecule has 0 amide bonds. The van der Waals surface area contributed by atoms with Gasteiger partial charge in [0.05, 0.1) is 25.2 Å². The van der Waals surface area contributed by atoms with Crippen LogP contribution in [0.4, 0.5) is 0 Å². The van der Waals surface area contributed by atoms with Crippen LogP contribution in [0.3, 0.4) is 0 Å². The number of rotatable bonds is 7. The zero-order chi connectivity index (χ0) is 12.8. The molecule has 0 aromatic rings. The van der Waals surface area contributed by atoms with Gasteiger partial charge in [-0.2, -0.15) is 0 Å². The van der Waals surface area contributed by atoms with E-state index in [1.807, 2.05) is 0 Å². The third kappa shape index (κ3) is 4.28. The summed E-state index contributed by atoms with van der Waals surface area (Å²) in [6.07, 6.45) is 3.07. The van der Waals surface area contributed by atoms with Crippen LogP contribution in [-0.4, -0.2) is 35.5 Å². The molecule has 4 heteroatoms. The minimum Gasteiger partial charge on any atom is -0.465 e. The van der Waals surface area contributed by atoms with Crippen LogP contribution in [0, 0.1) is 17.8 Å². The SMILES string of the molecule is CC(C)CCCCC(O)[C@H]1C(=O)OC[C@@H]1CO. The normalized spacial score (nSPS) is 26.3. The summed E-state index contributed by atoms with van der Waals surface area (Å²) in [6.45, 7) is 4.49. The number of aliphatic hydroxyl groups is 2. The van der Waals surface area contributed by atoms with Gasteiger partial charge in [0.2, 0.25) is 0 Å².